The SMILES string of the molecule is CC(O)CCNC(=O)NC(C)(C)C. The molecule has 3 N–H and O–H groups in total. The first-order valence-electron chi connectivity index (χ1n) is 4.55. The Labute approximate surface area is 79.7 Å². The van der Waals surface area contributed by atoms with E-state index < -0.39 is 0 Å². The second kappa shape index (κ2) is 5.07. The van der Waals surface area contributed by atoms with Crippen molar-refractivity contribution in [3.63, 3.8) is 0 Å². The first kappa shape index (κ1) is 12.2. The minimum atomic E-state index is -0.366. The second-order valence-electron chi connectivity index (χ2n) is 4.27. The van der Waals surface area contributed by atoms with E-state index in [0.29, 0.717) is 13.0 Å². The van der Waals surface area contributed by atoms with E-state index in [4.69, 9.17) is 5.11 Å². The van der Waals surface area contributed by atoms with Crippen molar-refractivity contribution >= 4 is 6.03 Å². The van der Waals surface area contributed by atoms with Gasteiger partial charge >= 0.3 is 6.03 Å². The molecule has 1 unspecified atom stereocenters. The number of rotatable bonds is 3. The van der Waals surface area contributed by atoms with Gasteiger partial charge in [0.15, 0.2) is 0 Å². The van der Waals surface area contributed by atoms with Gasteiger partial charge in [-0.05, 0) is 34.1 Å². The first-order valence-corrected chi connectivity index (χ1v) is 4.55. The number of hydrogen-bond donors (Lipinski definition) is 3. The molecular formula is C9H20N2O2. The highest BCUT2D eigenvalue weighted by Crippen LogP contribution is 1.97. The maximum absolute atomic E-state index is 11.1. The van der Waals surface area contributed by atoms with Crippen LogP contribution in [0, 0.1) is 0 Å². The normalized spacial score (nSPS) is 13.6. The lowest BCUT2D eigenvalue weighted by Gasteiger charge is -2.20. The van der Waals surface area contributed by atoms with Crippen LogP contribution in [-0.4, -0.2) is 29.3 Å². The Morgan fingerprint density at radius 3 is 2.38 bits per heavy atom. The molecule has 0 aromatic heterocycles. The summed E-state index contributed by atoms with van der Waals surface area (Å²) in [5.41, 5.74) is -0.213. The fraction of sp³-hybridized carbons (Fsp3) is 0.889. The number of amides is 2. The third-order valence-corrected chi connectivity index (χ3v) is 1.34. The molecule has 0 bridgehead atoms. The van der Waals surface area contributed by atoms with Crippen molar-refractivity contribution in [3.8, 4) is 0 Å². The summed E-state index contributed by atoms with van der Waals surface area (Å²) in [4.78, 5) is 11.1. The monoisotopic (exact) mass is 188 g/mol. The van der Waals surface area contributed by atoms with Crippen molar-refractivity contribution < 1.29 is 9.90 Å². The molecule has 0 aliphatic heterocycles. The quantitative estimate of drug-likeness (QED) is 0.615. The van der Waals surface area contributed by atoms with Crippen LogP contribution in [0.5, 0.6) is 0 Å². The van der Waals surface area contributed by atoms with Gasteiger partial charge in [0.25, 0.3) is 0 Å². The van der Waals surface area contributed by atoms with Crippen LogP contribution in [0.1, 0.15) is 34.1 Å². The van der Waals surface area contributed by atoms with Crippen molar-refractivity contribution in [3.05, 3.63) is 0 Å². The van der Waals surface area contributed by atoms with E-state index in [9.17, 15) is 4.79 Å². The molecule has 0 saturated carbocycles. The zero-order valence-corrected chi connectivity index (χ0v) is 8.85. The molecule has 78 valence electrons. The molecule has 0 aromatic carbocycles. The number of hydrogen-bond acceptors (Lipinski definition) is 2. The number of carbonyl (C=O) groups excluding carboxylic acids is 1. The van der Waals surface area contributed by atoms with Gasteiger partial charge in [-0.3, -0.25) is 0 Å². The fourth-order valence-corrected chi connectivity index (χ4v) is 0.779. The van der Waals surface area contributed by atoms with E-state index >= 15 is 0 Å². The minimum Gasteiger partial charge on any atom is -0.393 e. The Bertz CT molecular complexity index is 161. The molecule has 0 saturated heterocycles. The lowest BCUT2D eigenvalue weighted by atomic mass is 10.1. The molecule has 0 aromatic rings. The predicted octanol–water partition coefficient (Wildman–Crippen LogP) is 0.855. The summed E-state index contributed by atoms with van der Waals surface area (Å²) in [6.45, 7) is 7.95. The maximum atomic E-state index is 11.1. The molecule has 0 fully saturated rings. The summed E-state index contributed by atoms with van der Waals surface area (Å²) >= 11 is 0. The predicted molar refractivity (Wildman–Crippen MR) is 52.6 cm³/mol. The van der Waals surface area contributed by atoms with Crippen molar-refractivity contribution in [2.45, 2.75) is 45.8 Å². The molecule has 4 nitrogen and oxygen atoms in total. The molecular weight excluding hydrogens is 168 g/mol. The zero-order valence-electron chi connectivity index (χ0n) is 8.85. The third kappa shape index (κ3) is 9.14. The summed E-state index contributed by atoms with van der Waals surface area (Å²) in [6.07, 6.45) is 0.215. The highest BCUT2D eigenvalue weighted by atomic mass is 16.3. The third-order valence-electron chi connectivity index (χ3n) is 1.34. The standard InChI is InChI=1S/C9H20N2O2/c1-7(12)5-6-10-8(13)11-9(2,3)4/h7,12H,5-6H2,1-4H3,(H2,10,11,13). The van der Waals surface area contributed by atoms with Crippen LogP contribution in [0.2, 0.25) is 0 Å². The lowest BCUT2D eigenvalue weighted by Crippen LogP contribution is -2.46. The maximum Gasteiger partial charge on any atom is 0.315 e. The summed E-state index contributed by atoms with van der Waals surface area (Å²) in [5.74, 6) is 0. The molecule has 0 aliphatic carbocycles. The Balaban J connectivity index is 3.53. The van der Waals surface area contributed by atoms with E-state index in [2.05, 4.69) is 10.6 Å². The summed E-state index contributed by atoms with van der Waals surface area (Å²) in [5, 5.41) is 14.3. The number of aliphatic hydroxyl groups is 1. The van der Waals surface area contributed by atoms with Crippen molar-refractivity contribution in [1.82, 2.24) is 10.6 Å². The molecule has 0 aliphatic rings. The lowest BCUT2D eigenvalue weighted by molar-refractivity contribution is 0.182. The molecule has 2 amide bonds. The van der Waals surface area contributed by atoms with Crippen LogP contribution >= 0.6 is 0 Å². The Hall–Kier alpha value is -0.770. The van der Waals surface area contributed by atoms with Gasteiger partial charge in [-0.1, -0.05) is 0 Å². The van der Waals surface area contributed by atoms with E-state index in [-0.39, 0.29) is 17.7 Å². The summed E-state index contributed by atoms with van der Waals surface area (Å²) < 4.78 is 0. The zero-order chi connectivity index (χ0) is 10.5. The van der Waals surface area contributed by atoms with Crippen molar-refractivity contribution in [2.75, 3.05) is 6.54 Å². The average Bonchev–Trinajstić information content (AvgIpc) is 1.81. The highest BCUT2D eigenvalue weighted by molar-refractivity contribution is 5.74. The molecule has 0 rings (SSSR count). The molecule has 0 radical (unpaired) electrons. The van der Waals surface area contributed by atoms with Crippen LogP contribution < -0.4 is 10.6 Å². The van der Waals surface area contributed by atoms with E-state index in [1.54, 1.807) is 6.92 Å². The van der Waals surface area contributed by atoms with Crippen LogP contribution in [0.15, 0.2) is 0 Å². The largest absolute Gasteiger partial charge is 0.393 e. The van der Waals surface area contributed by atoms with Crippen LogP contribution in [0.3, 0.4) is 0 Å². The molecule has 13 heavy (non-hydrogen) atoms. The number of carbonyl (C=O) groups is 1. The molecule has 0 spiro atoms. The van der Waals surface area contributed by atoms with E-state index in [1.807, 2.05) is 20.8 Å². The Kier molecular flexibility index (Phi) is 4.77. The van der Waals surface area contributed by atoms with Crippen LogP contribution in [0.25, 0.3) is 0 Å². The first-order chi connectivity index (χ1) is 5.81. The smallest absolute Gasteiger partial charge is 0.315 e. The average molecular weight is 188 g/mol. The van der Waals surface area contributed by atoms with Crippen LogP contribution in [-0.2, 0) is 0 Å². The van der Waals surface area contributed by atoms with Gasteiger partial charge in [-0.25, -0.2) is 4.79 Å². The molecule has 1 atom stereocenters. The fourth-order valence-electron chi connectivity index (χ4n) is 0.779. The Morgan fingerprint density at radius 1 is 1.46 bits per heavy atom. The highest BCUT2D eigenvalue weighted by Gasteiger charge is 2.12. The number of nitrogens with one attached hydrogen (secondary N) is 2. The molecule has 4 heteroatoms. The van der Waals surface area contributed by atoms with E-state index in [1.165, 1.54) is 0 Å². The second-order valence-corrected chi connectivity index (χ2v) is 4.27. The van der Waals surface area contributed by atoms with Crippen molar-refractivity contribution in [2.24, 2.45) is 0 Å². The van der Waals surface area contributed by atoms with Gasteiger partial charge in [-0.15, -0.1) is 0 Å². The topological polar surface area (TPSA) is 61.4 Å². The van der Waals surface area contributed by atoms with Gasteiger partial charge in [0.2, 0.25) is 0 Å². The summed E-state index contributed by atoms with van der Waals surface area (Å²) in [7, 11) is 0. The Morgan fingerprint density at radius 2 is 2.00 bits per heavy atom. The van der Waals surface area contributed by atoms with Gasteiger partial charge < -0.3 is 15.7 Å². The van der Waals surface area contributed by atoms with Crippen molar-refractivity contribution in [1.29, 1.82) is 0 Å². The van der Waals surface area contributed by atoms with E-state index in [0.717, 1.165) is 0 Å². The van der Waals surface area contributed by atoms with Gasteiger partial charge in [0, 0.05) is 12.1 Å². The number of aliphatic hydroxyl groups excluding tert-OH is 1. The summed E-state index contributed by atoms with van der Waals surface area (Å²) in [6, 6.07) is -0.187. The van der Waals surface area contributed by atoms with Gasteiger partial charge in [0.1, 0.15) is 0 Å². The van der Waals surface area contributed by atoms with Crippen LogP contribution in [0.4, 0.5) is 4.79 Å². The van der Waals surface area contributed by atoms with Gasteiger partial charge in [-0.2, -0.15) is 0 Å². The minimum absolute atomic E-state index is 0.187. The molecule has 0 heterocycles. The number of urea groups is 1. The van der Waals surface area contributed by atoms with Gasteiger partial charge in [0.05, 0.1) is 6.10 Å².